The van der Waals surface area contributed by atoms with Crippen LogP contribution in [-0.2, 0) is 22.4 Å². The normalized spacial score (nSPS) is 22.2. The van der Waals surface area contributed by atoms with E-state index in [0.717, 1.165) is 19.3 Å². The number of carbonyl (C=O) groups excluding carboxylic acids is 1. The Hall–Kier alpha value is -1.84. The summed E-state index contributed by atoms with van der Waals surface area (Å²) in [5, 5.41) is 11.9. The summed E-state index contributed by atoms with van der Waals surface area (Å²) in [5.74, 6) is -1.09. The predicted octanol–water partition coefficient (Wildman–Crippen LogP) is 2.55. The van der Waals surface area contributed by atoms with Crippen LogP contribution in [-0.4, -0.2) is 23.0 Å². The second-order valence-corrected chi connectivity index (χ2v) is 6.16. The maximum atomic E-state index is 12.5. The summed E-state index contributed by atoms with van der Waals surface area (Å²) in [4.78, 5) is 23.7. The monoisotopic (exact) mass is 289 g/mol. The summed E-state index contributed by atoms with van der Waals surface area (Å²) in [6.07, 6.45) is 3.50. The fourth-order valence-corrected chi connectivity index (χ4v) is 2.97. The van der Waals surface area contributed by atoms with Gasteiger partial charge in [-0.1, -0.05) is 44.5 Å². The van der Waals surface area contributed by atoms with Gasteiger partial charge in [0.1, 0.15) is 6.04 Å². The van der Waals surface area contributed by atoms with Gasteiger partial charge in [0.05, 0.1) is 5.41 Å². The molecule has 0 spiro atoms. The van der Waals surface area contributed by atoms with Crippen LogP contribution in [0.4, 0.5) is 0 Å². The fourth-order valence-electron chi connectivity index (χ4n) is 2.97. The molecule has 1 aliphatic carbocycles. The number of carboxylic acid groups (broad SMARTS) is 1. The molecule has 0 fully saturated rings. The quantitative estimate of drug-likeness (QED) is 0.875. The van der Waals surface area contributed by atoms with Crippen LogP contribution in [0.5, 0.6) is 0 Å². The summed E-state index contributed by atoms with van der Waals surface area (Å²) in [7, 11) is 0. The van der Waals surface area contributed by atoms with Gasteiger partial charge < -0.3 is 10.4 Å². The molecule has 4 heteroatoms. The maximum Gasteiger partial charge on any atom is 0.326 e. The number of rotatable bonds is 5. The largest absolute Gasteiger partial charge is 0.480 e. The van der Waals surface area contributed by atoms with Crippen LogP contribution in [0.3, 0.4) is 0 Å². The first-order valence-corrected chi connectivity index (χ1v) is 7.57. The highest BCUT2D eigenvalue weighted by atomic mass is 16.4. The first kappa shape index (κ1) is 15.5. The first-order valence-electron chi connectivity index (χ1n) is 7.57. The standard InChI is InChI=1S/C17H23NO3/c1-3-6-14(15(19)20)18-16(21)17(2)10-9-12-7-4-5-8-13(12)11-17/h4-5,7-8,14H,3,6,9-11H2,1-2H3,(H,18,21)(H,19,20). The van der Waals surface area contributed by atoms with E-state index in [9.17, 15) is 14.7 Å². The average molecular weight is 289 g/mol. The molecule has 1 aliphatic rings. The molecule has 0 radical (unpaired) electrons. The van der Waals surface area contributed by atoms with E-state index in [0.29, 0.717) is 12.8 Å². The summed E-state index contributed by atoms with van der Waals surface area (Å²) < 4.78 is 0. The number of benzene rings is 1. The summed E-state index contributed by atoms with van der Waals surface area (Å²) in [6, 6.07) is 7.38. The third kappa shape index (κ3) is 3.43. The van der Waals surface area contributed by atoms with Crippen molar-refractivity contribution in [3.63, 3.8) is 0 Å². The smallest absolute Gasteiger partial charge is 0.326 e. The number of carbonyl (C=O) groups is 2. The lowest BCUT2D eigenvalue weighted by atomic mass is 9.72. The van der Waals surface area contributed by atoms with Crippen LogP contribution < -0.4 is 5.32 Å². The molecule has 1 amide bonds. The summed E-state index contributed by atoms with van der Waals surface area (Å²) >= 11 is 0. The highest BCUT2D eigenvalue weighted by Gasteiger charge is 2.38. The molecule has 1 aromatic rings. The molecule has 0 aliphatic heterocycles. The van der Waals surface area contributed by atoms with Crippen molar-refractivity contribution in [1.82, 2.24) is 5.32 Å². The first-order chi connectivity index (χ1) is 9.96. The number of hydrogen-bond acceptors (Lipinski definition) is 2. The highest BCUT2D eigenvalue weighted by Crippen LogP contribution is 2.35. The zero-order valence-electron chi connectivity index (χ0n) is 12.7. The van der Waals surface area contributed by atoms with E-state index >= 15 is 0 Å². The Kier molecular flexibility index (Phi) is 4.66. The molecule has 2 unspecified atom stereocenters. The van der Waals surface area contributed by atoms with Crippen molar-refractivity contribution in [2.75, 3.05) is 0 Å². The van der Waals surface area contributed by atoms with Gasteiger partial charge >= 0.3 is 5.97 Å². The van der Waals surface area contributed by atoms with Crippen molar-refractivity contribution >= 4 is 11.9 Å². The SMILES string of the molecule is CCCC(NC(=O)C1(C)CCc2ccccc2C1)C(=O)O. The van der Waals surface area contributed by atoms with Crippen molar-refractivity contribution < 1.29 is 14.7 Å². The van der Waals surface area contributed by atoms with Gasteiger partial charge in [-0.15, -0.1) is 0 Å². The number of hydrogen-bond donors (Lipinski definition) is 2. The van der Waals surface area contributed by atoms with Crippen molar-refractivity contribution in [3.05, 3.63) is 35.4 Å². The molecule has 2 N–H and O–H groups in total. The van der Waals surface area contributed by atoms with Crippen LogP contribution >= 0.6 is 0 Å². The molecule has 0 saturated heterocycles. The number of fused-ring (bicyclic) bond motifs is 1. The second kappa shape index (κ2) is 6.29. The van der Waals surface area contributed by atoms with E-state index in [1.165, 1.54) is 11.1 Å². The molecular weight excluding hydrogens is 266 g/mol. The predicted molar refractivity (Wildman–Crippen MR) is 81.0 cm³/mol. The average Bonchev–Trinajstić information content (AvgIpc) is 2.46. The Bertz CT molecular complexity index is 541. The minimum atomic E-state index is -0.954. The van der Waals surface area contributed by atoms with Crippen molar-refractivity contribution in [2.24, 2.45) is 5.41 Å². The lowest BCUT2D eigenvalue weighted by molar-refractivity contribution is -0.144. The van der Waals surface area contributed by atoms with Crippen LogP contribution in [0.2, 0.25) is 0 Å². The Labute approximate surface area is 125 Å². The zero-order chi connectivity index (χ0) is 15.5. The van der Waals surface area contributed by atoms with E-state index in [-0.39, 0.29) is 5.91 Å². The molecule has 1 aromatic carbocycles. The highest BCUT2D eigenvalue weighted by molar-refractivity contribution is 5.87. The van der Waals surface area contributed by atoms with E-state index in [4.69, 9.17) is 0 Å². The topological polar surface area (TPSA) is 66.4 Å². The Morgan fingerprint density at radius 1 is 1.33 bits per heavy atom. The molecule has 0 bridgehead atoms. The van der Waals surface area contributed by atoms with Gasteiger partial charge in [0.25, 0.3) is 0 Å². The van der Waals surface area contributed by atoms with E-state index in [1.807, 2.05) is 26.0 Å². The number of carboxylic acids is 1. The third-order valence-electron chi connectivity index (χ3n) is 4.37. The molecule has 2 atom stereocenters. The second-order valence-electron chi connectivity index (χ2n) is 6.16. The van der Waals surface area contributed by atoms with Gasteiger partial charge in [0, 0.05) is 0 Å². The molecule has 0 aromatic heterocycles. The molecule has 0 saturated carbocycles. The Morgan fingerprint density at radius 2 is 2.00 bits per heavy atom. The fraction of sp³-hybridized carbons (Fsp3) is 0.529. The van der Waals surface area contributed by atoms with Gasteiger partial charge in [-0.2, -0.15) is 0 Å². The number of nitrogens with one attached hydrogen (secondary N) is 1. The van der Waals surface area contributed by atoms with Crippen LogP contribution in [0.15, 0.2) is 24.3 Å². The lowest BCUT2D eigenvalue weighted by Gasteiger charge is -2.34. The number of amides is 1. The molecule has 21 heavy (non-hydrogen) atoms. The van der Waals surface area contributed by atoms with Gasteiger partial charge in [0.2, 0.25) is 5.91 Å². The van der Waals surface area contributed by atoms with Crippen LogP contribution in [0, 0.1) is 5.41 Å². The van der Waals surface area contributed by atoms with Crippen LogP contribution in [0.1, 0.15) is 44.2 Å². The van der Waals surface area contributed by atoms with E-state index in [1.54, 1.807) is 0 Å². The van der Waals surface area contributed by atoms with Crippen molar-refractivity contribution in [1.29, 1.82) is 0 Å². The van der Waals surface area contributed by atoms with Crippen molar-refractivity contribution in [2.45, 2.75) is 52.0 Å². The molecule has 0 heterocycles. The Morgan fingerprint density at radius 3 is 2.62 bits per heavy atom. The molecule has 4 nitrogen and oxygen atoms in total. The third-order valence-corrected chi connectivity index (χ3v) is 4.37. The minimum Gasteiger partial charge on any atom is -0.480 e. The van der Waals surface area contributed by atoms with Gasteiger partial charge in [0.15, 0.2) is 0 Å². The van der Waals surface area contributed by atoms with Crippen LogP contribution in [0.25, 0.3) is 0 Å². The zero-order valence-corrected chi connectivity index (χ0v) is 12.7. The molecule has 2 rings (SSSR count). The van der Waals surface area contributed by atoms with E-state index < -0.39 is 17.4 Å². The lowest BCUT2D eigenvalue weighted by Crippen LogP contribution is -2.49. The Balaban J connectivity index is 2.10. The van der Waals surface area contributed by atoms with Gasteiger partial charge in [-0.3, -0.25) is 4.79 Å². The van der Waals surface area contributed by atoms with Crippen molar-refractivity contribution in [3.8, 4) is 0 Å². The maximum absolute atomic E-state index is 12.5. The number of aliphatic carboxylic acids is 1. The van der Waals surface area contributed by atoms with E-state index in [2.05, 4.69) is 17.4 Å². The summed E-state index contributed by atoms with van der Waals surface area (Å²) in [6.45, 7) is 3.85. The molecule has 114 valence electrons. The number of aryl methyl sites for hydroxylation is 1. The molecular formula is C17H23NO3. The van der Waals surface area contributed by atoms with Gasteiger partial charge in [-0.25, -0.2) is 4.79 Å². The summed E-state index contributed by atoms with van der Waals surface area (Å²) in [5.41, 5.74) is 1.98. The van der Waals surface area contributed by atoms with Gasteiger partial charge in [-0.05, 0) is 36.8 Å². The minimum absolute atomic E-state index is 0.141.